The Morgan fingerprint density at radius 2 is 2.38 bits per heavy atom. The number of alkyl halides is 1. The van der Waals surface area contributed by atoms with Crippen molar-refractivity contribution in [3.05, 3.63) is 17.4 Å². The predicted octanol–water partition coefficient (Wildman–Crippen LogP) is 0.722. The average molecular weight is 187 g/mol. The van der Waals surface area contributed by atoms with Crippen LogP contribution >= 0.6 is 0 Å². The van der Waals surface area contributed by atoms with E-state index in [4.69, 9.17) is 17.2 Å². The van der Waals surface area contributed by atoms with Gasteiger partial charge in [-0.3, -0.25) is 0 Å². The Balaban J connectivity index is 2.61. The first kappa shape index (κ1) is 10.2. The van der Waals surface area contributed by atoms with Gasteiger partial charge in [0, 0.05) is 17.4 Å². The van der Waals surface area contributed by atoms with Crippen LogP contribution in [-0.4, -0.2) is 36.6 Å². The molecule has 0 aromatic heterocycles. The van der Waals surface area contributed by atoms with Gasteiger partial charge in [0.25, 0.3) is 0 Å². The molecular weight excluding hydrogens is 177 g/mol. The van der Waals surface area contributed by atoms with Gasteiger partial charge in [-0.1, -0.05) is 5.11 Å². The molecule has 6 heteroatoms. The molecule has 0 aromatic carbocycles. The molecule has 5 nitrogen and oxygen atoms in total. The molecule has 1 unspecified atom stereocenters. The van der Waals surface area contributed by atoms with Gasteiger partial charge in [0.2, 0.25) is 0 Å². The lowest BCUT2D eigenvalue weighted by Crippen LogP contribution is -2.29. The minimum absolute atomic E-state index is 0.0000463. The Morgan fingerprint density at radius 1 is 1.69 bits per heavy atom. The van der Waals surface area contributed by atoms with E-state index in [0.29, 0.717) is 0 Å². The number of ether oxygens (including phenoxy) is 1. The van der Waals surface area contributed by atoms with Crippen molar-refractivity contribution in [1.29, 1.82) is 0 Å². The fourth-order valence-electron chi connectivity index (χ4n) is 1.35. The largest absolute Gasteiger partial charge is 0.390 e. The molecule has 72 valence electrons. The molecule has 0 saturated carbocycles. The van der Waals surface area contributed by atoms with E-state index in [-0.39, 0.29) is 6.54 Å². The van der Waals surface area contributed by atoms with Crippen LogP contribution in [0.15, 0.2) is 5.11 Å². The molecule has 1 saturated heterocycles. The standard InChI is InChI=1S/C7H10FN3O2/c1-4-7(12)5(3-10-11-9)6(2-8)13-4/h1,4-7,12H,2-3H2/t4-,5-,6+,7?/m0/s1. The second kappa shape index (κ2) is 4.41. The molecule has 2 radical (unpaired) electrons. The Morgan fingerprint density at radius 3 is 2.92 bits per heavy atom. The van der Waals surface area contributed by atoms with E-state index in [1.807, 2.05) is 0 Å². The maximum Gasteiger partial charge on any atom is 0.116 e. The molecule has 1 aliphatic heterocycles. The summed E-state index contributed by atoms with van der Waals surface area (Å²) in [6.07, 6.45) is -2.62. The zero-order valence-electron chi connectivity index (χ0n) is 6.88. The van der Waals surface area contributed by atoms with Crippen LogP contribution in [0.5, 0.6) is 0 Å². The summed E-state index contributed by atoms with van der Waals surface area (Å²) < 4.78 is 17.2. The van der Waals surface area contributed by atoms with Gasteiger partial charge in [0.1, 0.15) is 6.67 Å². The number of halogens is 1. The zero-order chi connectivity index (χ0) is 9.84. The lowest BCUT2D eigenvalue weighted by molar-refractivity contribution is 0.0270. The number of aliphatic hydroxyl groups is 1. The summed E-state index contributed by atoms with van der Waals surface area (Å²) in [5, 5.41) is 12.6. The van der Waals surface area contributed by atoms with E-state index in [2.05, 4.69) is 10.0 Å². The summed E-state index contributed by atoms with van der Waals surface area (Å²) in [5.41, 5.74) is 8.05. The van der Waals surface area contributed by atoms with Gasteiger partial charge in [0.05, 0.1) is 18.3 Å². The Bertz CT molecular complexity index is 220. The summed E-state index contributed by atoms with van der Waals surface area (Å²) in [7, 11) is 0. The third-order valence-corrected chi connectivity index (χ3v) is 2.09. The van der Waals surface area contributed by atoms with Crippen LogP contribution in [0.2, 0.25) is 0 Å². The topological polar surface area (TPSA) is 78.2 Å². The number of azide groups is 1. The third kappa shape index (κ3) is 2.09. The summed E-state index contributed by atoms with van der Waals surface area (Å²) in [6, 6.07) is 0. The second-order valence-electron chi connectivity index (χ2n) is 2.86. The lowest BCUT2D eigenvalue weighted by Gasteiger charge is -2.14. The van der Waals surface area contributed by atoms with Gasteiger partial charge >= 0.3 is 0 Å². The summed E-state index contributed by atoms with van der Waals surface area (Å²) in [5.74, 6) is -0.545. The van der Waals surface area contributed by atoms with E-state index >= 15 is 0 Å². The smallest absolute Gasteiger partial charge is 0.116 e. The monoisotopic (exact) mass is 187 g/mol. The van der Waals surface area contributed by atoms with E-state index in [9.17, 15) is 9.50 Å². The molecule has 0 bridgehead atoms. The molecule has 1 heterocycles. The number of hydrogen-bond donors (Lipinski definition) is 1. The van der Waals surface area contributed by atoms with Crippen molar-refractivity contribution in [2.75, 3.05) is 13.2 Å². The Kier molecular flexibility index (Phi) is 3.48. The minimum atomic E-state index is -0.966. The SMILES string of the molecule is [CH][C@@H]1O[C@H](CF)[C@H](CN=[N+]=[N-])C1O. The van der Waals surface area contributed by atoms with Crippen LogP contribution < -0.4 is 0 Å². The fraction of sp³-hybridized carbons (Fsp3) is 0.857. The van der Waals surface area contributed by atoms with Crippen molar-refractivity contribution >= 4 is 0 Å². The number of rotatable bonds is 3. The van der Waals surface area contributed by atoms with Crippen LogP contribution in [-0.2, 0) is 4.74 Å². The van der Waals surface area contributed by atoms with Gasteiger partial charge in [-0.2, -0.15) is 0 Å². The van der Waals surface area contributed by atoms with Crippen LogP contribution in [0.25, 0.3) is 10.4 Å². The molecular formula is C7H10FN3O2. The van der Waals surface area contributed by atoms with Crippen molar-refractivity contribution in [1.82, 2.24) is 0 Å². The summed E-state index contributed by atoms with van der Waals surface area (Å²) in [6.45, 7) is 4.59. The van der Waals surface area contributed by atoms with Crippen molar-refractivity contribution in [3.63, 3.8) is 0 Å². The van der Waals surface area contributed by atoms with Gasteiger partial charge < -0.3 is 9.84 Å². The average Bonchev–Trinajstić information content (AvgIpc) is 2.40. The maximum absolute atomic E-state index is 12.3. The summed E-state index contributed by atoms with van der Waals surface area (Å²) in [4.78, 5) is 2.52. The first-order chi connectivity index (χ1) is 6.20. The van der Waals surface area contributed by atoms with E-state index < -0.39 is 30.9 Å². The second-order valence-corrected chi connectivity index (χ2v) is 2.86. The van der Waals surface area contributed by atoms with Crippen molar-refractivity contribution in [2.24, 2.45) is 11.0 Å². The minimum Gasteiger partial charge on any atom is -0.390 e. The van der Waals surface area contributed by atoms with Gasteiger partial charge in [-0.05, 0) is 12.5 Å². The Labute approximate surface area is 75.1 Å². The van der Waals surface area contributed by atoms with Crippen molar-refractivity contribution < 1.29 is 14.2 Å². The first-order valence-electron chi connectivity index (χ1n) is 3.86. The normalized spacial score (nSPS) is 38.7. The summed E-state index contributed by atoms with van der Waals surface area (Å²) >= 11 is 0. The van der Waals surface area contributed by atoms with Crippen molar-refractivity contribution in [2.45, 2.75) is 18.3 Å². The lowest BCUT2D eigenvalue weighted by atomic mass is 9.97. The molecule has 0 spiro atoms. The molecule has 1 aliphatic rings. The fourth-order valence-corrected chi connectivity index (χ4v) is 1.35. The molecule has 4 atom stereocenters. The van der Waals surface area contributed by atoms with Gasteiger partial charge in [-0.15, -0.1) is 0 Å². The number of hydrogen-bond acceptors (Lipinski definition) is 3. The predicted molar refractivity (Wildman–Crippen MR) is 42.4 cm³/mol. The molecule has 0 aliphatic carbocycles. The van der Waals surface area contributed by atoms with Crippen molar-refractivity contribution in [3.8, 4) is 0 Å². The quantitative estimate of drug-likeness (QED) is 0.401. The molecule has 1 rings (SSSR count). The molecule has 13 heavy (non-hydrogen) atoms. The number of nitrogens with zero attached hydrogens (tertiary/aromatic N) is 3. The molecule has 1 fully saturated rings. The van der Waals surface area contributed by atoms with Crippen LogP contribution in [0.4, 0.5) is 4.39 Å². The number of aliphatic hydroxyl groups excluding tert-OH is 1. The first-order valence-corrected chi connectivity index (χ1v) is 3.86. The highest BCUT2D eigenvalue weighted by atomic mass is 19.1. The zero-order valence-corrected chi connectivity index (χ0v) is 6.88. The molecule has 1 N–H and O–H groups in total. The highest BCUT2D eigenvalue weighted by Gasteiger charge is 2.40. The highest BCUT2D eigenvalue weighted by molar-refractivity contribution is 4.92. The van der Waals surface area contributed by atoms with E-state index in [0.717, 1.165) is 0 Å². The van der Waals surface area contributed by atoms with Crippen LogP contribution in [0.3, 0.4) is 0 Å². The Hall–Kier alpha value is -0.840. The van der Waals surface area contributed by atoms with Gasteiger partial charge in [0.15, 0.2) is 0 Å². The molecule has 0 aromatic rings. The maximum atomic E-state index is 12.3. The van der Waals surface area contributed by atoms with E-state index in [1.165, 1.54) is 0 Å². The van der Waals surface area contributed by atoms with Crippen LogP contribution in [0, 0.1) is 12.8 Å². The highest BCUT2D eigenvalue weighted by Crippen LogP contribution is 2.27. The third-order valence-electron chi connectivity index (χ3n) is 2.09. The van der Waals surface area contributed by atoms with Gasteiger partial charge in [-0.25, -0.2) is 4.39 Å². The molecule has 0 amide bonds. The van der Waals surface area contributed by atoms with Crippen LogP contribution in [0.1, 0.15) is 0 Å². The van der Waals surface area contributed by atoms with E-state index in [1.54, 1.807) is 0 Å².